The van der Waals surface area contributed by atoms with E-state index in [9.17, 15) is 14.4 Å². The van der Waals surface area contributed by atoms with Gasteiger partial charge in [-0.3, -0.25) is 14.4 Å². The van der Waals surface area contributed by atoms with Crippen LogP contribution in [0.3, 0.4) is 0 Å². The number of ether oxygens (including phenoxy) is 4. The summed E-state index contributed by atoms with van der Waals surface area (Å²) >= 11 is 0. The third kappa shape index (κ3) is 4.78. The highest BCUT2D eigenvalue weighted by molar-refractivity contribution is 5.68. The van der Waals surface area contributed by atoms with Crippen LogP contribution in [0.1, 0.15) is 27.2 Å². The van der Waals surface area contributed by atoms with Crippen LogP contribution in [0.5, 0.6) is 0 Å². The van der Waals surface area contributed by atoms with Crippen LogP contribution in [0.15, 0.2) is 0 Å². The first-order chi connectivity index (χ1) is 9.33. The zero-order chi connectivity index (χ0) is 15.3. The highest BCUT2D eigenvalue weighted by Crippen LogP contribution is 2.26. The molecule has 1 rings (SSSR count). The molecule has 0 amide bonds. The normalized spacial score (nSPS) is 29.4. The van der Waals surface area contributed by atoms with E-state index in [2.05, 4.69) is 0 Å². The van der Waals surface area contributed by atoms with E-state index in [0.29, 0.717) is 0 Å². The molecule has 1 aliphatic heterocycles. The van der Waals surface area contributed by atoms with Crippen LogP contribution in [0.25, 0.3) is 0 Å². The fourth-order valence-electron chi connectivity index (χ4n) is 1.92. The Kier molecular flexibility index (Phi) is 5.90. The number of aliphatic hydroxyl groups is 1. The van der Waals surface area contributed by atoms with Crippen molar-refractivity contribution in [3.8, 4) is 0 Å². The maximum absolute atomic E-state index is 11.1. The molecule has 1 N–H and O–H groups in total. The summed E-state index contributed by atoms with van der Waals surface area (Å²) in [6, 6.07) is 0. The van der Waals surface area contributed by atoms with Gasteiger partial charge in [-0.25, -0.2) is 0 Å². The number of rotatable bonds is 4. The topological polar surface area (TPSA) is 108 Å². The Balaban J connectivity index is 2.92. The number of carbonyl (C=O) groups excluding carboxylic acids is 3. The van der Waals surface area contributed by atoms with Crippen LogP contribution in [-0.4, -0.2) is 54.2 Å². The Morgan fingerprint density at radius 1 is 1.05 bits per heavy atom. The van der Waals surface area contributed by atoms with Crippen molar-refractivity contribution in [1.29, 1.82) is 0 Å². The number of esters is 3. The Morgan fingerprint density at radius 2 is 1.60 bits per heavy atom. The minimum Gasteiger partial charge on any atom is -0.458 e. The molecule has 1 fully saturated rings. The van der Waals surface area contributed by atoms with E-state index in [1.54, 1.807) is 0 Å². The average molecular weight is 290 g/mol. The van der Waals surface area contributed by atoms with Crippen molar-refractivity contribution in [2.45, 2.75) is 51.8 Å². The maximum Gasteiger partial charge on any atom is 0.305 e. The van der Waals surface area contributed by atoms with Gasteiger partial charge in [-0.05, 0) is 0 Å². The summed E-state index contributed by atoms with van der Waals surface area (Å²) in [6.45, 7) is 3.20. The van der Waals surface area contributed by atoms with Gasteiger partial charge in [-0.2, -0.15) is 0 Å². The maximum atomic E-state index is 11.1. The van der Waals surface area contributed by atoms with E-state index < -0.39 is 42.5 Å². The Hall–Kier alpha value is -1.67. The summed E-state index contributed by atoms with van der Waals surface area (Å²) in [7, 11) is 0. The van der Waals surface area contributed by atoms with E-state index in [1.807, 2.05) is 0 Å². The fourth-order valence-corrected chi connectivity index (χ4v) is 1.92. The van der Waals surface area contributed by atoms with Crippen LogP contribution in [0.2, 0.25) is 0 Å². The molecule has 0 spiro atoms. The molecule has 0 saturated carbocycles. The molecule has 0 aromatic heterocycles. The minimum atomic E-state index is -1.23. The Labute approximate surface area is 115 Å². The van der Waals surface area contributed by atoms with Gasteiger partial charge in [0.1, 0.15) is 6.10 Å². The van der Waals surface area contributed by atoms with E-state index >= 15 is 0 Å². The summed E-state index contributed by atoms with van der Waals surface area (Å²) in [4.78, 5) is 33.3. The summed E-state index contributed by atoms with van der Waals surface area (Å²) in [6.07, 6.45) is -3.71. The largest absolute Gasteiger partial charge is 0.458 e. The quantitative estimate of drug-likeness (QED) is 0.546. The molecule has 0 aromatic carbocycles. The Bertz CT molecular complexity index is 354. The van der Waals surface area contributed by atoms with Crippen LogP contribution in [0.4, 0.5) is 0 Å². The lowest BCUT2D eigenvalue weighted by molar-refractivity contribution is -0.270. The molecule has 0 bridgehead atoms. The standard InChI is InChI=1S/C12H18O8/c1-6(14)17-10-4-9(5-13)20-12(19-8(3)16)11(10)18-7(2)15/h9-13H,4-5H2,1-3H3. The zero-order valence-corrected chi connectivity index (χ0v) is 11.5. The van der Waals surface area contributed by atoms with Gasteiger partial charge in [0.05, 0.1) is 12.7 Å². The number of hydrogen-bond acceptors (Lipinski definition) is 8. The van der Waals surface area contributed by atoms with Gasteiger partial charge in [0.25, 0.3) is 0 Å². The molecule has 4 unspecified atom stereocenters. The van der Waals surface area contributed by atoms with Crippen LogP contribution in [-0.2, 0) is 33.3 Å². The zero-order valence-electron chi connectivity index (χ0n) is 11.5. The molecule has 1 saturated heterocycles. The highest BCUT2D eigenvalue weighted by Gasteiger charge is 2.44. The van der Waals surface area contributed by atoms with Crippen molar-refractivity contribution in [3.05, 3.63) is 0 Å². The van der Waals surface area contributed by atoms with Gasteiger partial charge in [-0.1, -0.05) is 0 Å². The molecule has 1 aliphatic rings. The molecular formula is C12H18O8. The molecule has 4 atom stereocenters. The monoisotopic (exact) mass is 290 g/mol. The van der Waals surface area contributed by atoms with Crippen molar-refractivity contribution in [3.63, 3.8) is 0 Å². The van der Waals surface area contributed by atoms with E-state index in [4.69, 9.17) is 24.1 Å². The minimum absolute atomic E-state index is 0.131. The molecule has 8 nitrogen and oxygen atoms in total. The number of carbonyl (C=O) groups is 3. The van der Waals surface area contributed by atoms with Crippen molar-refractivity contribution in [2.24, 2.45) is 0 Å². The predicted molar refractivity (Wildman–Crippen MR) is 63.2 cm³/mol. The van der Waals surface area contributed by atoms with E-state index in [-0.39, 0.29) is 13.0 Å². The van der Waals surface area contributed by atoms with Crippen LogP contribution in [0, 0.1) is 0 Å². The van der Waals surface area contributed by atoms with Gasteiger partial charge in [-0.15, -0.1) is 0 Å². The van der Waals surface area contributed by atoms with E-state index in [1.165, 1.54) is 13.8 Å². The van der Waals surface area contributed by atoms with Crippen molar-refractivity contribution in [2.75, 3.05) is 6.61 Å². The van der Waals surface area contributed by atoms with Gasteiger partial charge < -0.3 is 24.1 Å². The highest BCUT2D eigenvalue weighted by atomic mass is 16.7. The van der Waals surface area contributed by atoms with Crippen LogP contribution < -0.4 is 0 Å². The SMILES string of the molecule is CC(=O)OC1CC(CO)OC(OC(C)=O)C1OC(C)=O. The van der Waals surface area contributed by atoms with Gasteiger partial charge in [0.15, 0.2) is 0 Å². The summed E-state index contributed by atoms with van der Waals surface area (Å²) < 4.78 is 20.3. The average Bonchev–Trinajstić information content (AvgIpc) is 2.30. The van der Waals surface area contributed by atoms with Crippen molar-refractivity contribution < 1.29 is 38.4 Å². The fraction of sp³-hybridized carbons (Fsp3) is 0.750. The second kappa shape index (κ2) is 7.20. The summed E-state index contributed by atoms with van der Waals surface area (Å²) in [5, 5.41) is 9.15. The van der Waals surface area contributed by atoms with E-state index in [0.717, 1.165) is 6.92 Å². The lowest BCUT2D eigenvalue weighted by Crippen LogP contribution is -2.54. The molecule has 0 aromatic rings. The predicted octanol–water partition coefficient (Wildman–Crippen LogP) is -0.480. The molecule has 0 aliphatic carbocycles. The van der Waals surface area contributed by atoms with Gasteiger partial charge in [0.2, 0.25) is 12.4 Å². The molecule has 0 radical (unpaired) electrons. The smallest absolute Gasteiger partial charge is 0.305 e. The van der Waals surface area contributed by atoms with Crippen LogP contribution >= 0.6 is 0 Å². The molecule has 1 heterocycles. The van der Waals surface area contributed by atoms with Gasteiger partial charge in [0, 0.05) is 27.2 Å². The molecule has 114 valence electrons. The third-order valence-electron chi connectivity index (χ3n) is 2.56. The third-order valence-corrected chi connectivity index (χ3v) is 2.56. The summed E-state index contributed by atoms with van der Waals surface area (Å²) in [5.41, 5.74) is 0. The van der Waals surface area contributed by atoms with Crippen molar-refractivity contribution in [1.82, 2.24) is 0 Å². The number of aliphatic hydroxyl groups excluding tert-OH is 1. The first-order valence-corrected chi connectivity index (χ1v) is 6.11. The van der Waals surface area contributed by atoms with Gasteiger partial charge >= 0.3 is 17.9 Å². The summed E-state index contributed by atoms with van der Waals surface area (Å²) in [5.74, 6) is -1.85. The second-order valence-electron chi connectivity index (χ2n) is 4.38. The molecule has 20 heavy (non-hydrogen) atoms. The Morgan fingerprint density at radius 3 is 2.05 bits per heavy atom. The second-order valence-corrected chi connectivity index (χ2v) is 4.38. The first kappa shape index (κ1) is 16.4. The molecule has 8 heteroatoms. The lowest BCUT2D eigenvalue weighted by Gasteiger charge is -2.38. The molecular weight excluding hydrogens is 272 g/mol. The first-order valence-electron chi connectivity index (χ1n) is 6.11. The lowest BCUT2D eigenvalue weighted by atomic mass is 10.0. The van der Waals surface area contributed by atoms with Crippen molar-refractivity contribution >= 4 is 17.9 Å². The number of hydrogen-bond donors (Lipinski definition) is 1.